The Kier molecular flexibility index (Phi) is 5.67. The van der Waals surface area contributed by atoms with Crippen LogP contribution in [0.1, 0.15) is 11.3 Å². The van der Waals surface area contributed by atoms with Gasteiger partial charge in [0.2, 0.25) is 0 Å². The van der Waals surface area contributed by atoms with Gasteiger partial charge in [0.05, 0.1) is 23.0 Å². The van der Waals surface area contributed by atoms with Crippen molar-refractivity contribution in [2.75, 3.05) is 33.2 Å². The van der Waals surface area contributed by atoms with E-state index in [1.807, 2.05) is 48.5 Å². The van der Waals surface area contributed by atoms with Crippen LogP contribution in [0.2, 0.25) is 5.02 Å². The lowest BCUT2D eigenvalue weighted by molar-refractivity contribution is 0.147. The molecule has 32 heavy (non-hydrogen) atoms. The van der Waals surface area contributed by atoms with Crippen LogP contribution >= 0.6 is 11.6 Å². The van der Waals surface area contributed by atoms with Crippen molar-refractivity contribution in [3.05, 3.63) is 83.1 Å². The number of likely N-dealkylation sites (N-methyl/N-ethyl adjacent to an activating group) is 1. The van der Waals surface area contributed by atoms with Crippen LogP contribution in [0.5, 0.6) is 0 Å². The summed E-state index contributed by atoms with van der Waals surface area (Å²) in [6, 6.07) is 22.0. The standard InChI is InChI=1S/C26H24ClN5/c1-30-12-14-31(15-13-30)18-24-26(21-6-9-23(27)10-7-21)29-25-11-8-22(17-32(24)25)20-4-2-19(16-28)3-5-20/h2-11,17H,12-15,18H2,1H3. The number of hydrogen-bond acceptors (Lipinski definition) is 4. The minimum atomic E-state index is 0.665. The van der Waals surface area contributed by atoms with Crippen LogP contribution in [0, 0.1) is 11.3 Å². The maximum atomic E-state index is 9.10. The van der Waals surface area contributed by atoms with E-state index >= 15 is 0 Å². The number of imidazole rings is 1. The maximum absolute atomic E-state index is 9.10. The first-order chi connectivity index (χ1) is 15.6. The van der Waals surface area contributed by atoms with E-state index in [2.05, 4.69) is 45.6 Å². The van der Waals surface area contributed by atoms with Crippen molar-refractivity contribution in [2.45, 2.75) is 6.54 Å². The molecule has 5 nitrogen and oxygen atoms in total. The third kappa shape index (κ3) is 4.13. The first kappa shape index (κ1) is 20.7. The second-order valence-electron chi connectivity index (χ2n) is 8.33. The third-order valence-electron chi connectivity index (χ3n) is 6.15. The van der Waals surface area contributed by atoms with Gasteiger partial charge in [0.25, 0.3) is 0 Å². The summed E-state index contributed by atoms with van der Waals surface area (Å²) in [5.41, 5.74) is 7.02. The van der Waals surface area contributed by atoms with Gasteiger partial charge in [-0.2, -0.15) is 5.26 Å². The molecular weight excluding hydrogens is 418 g/mol. The predicted molar refractivity (Wildman–Crippen MR) is 129 cm³/mol. The number of rotatable bonds is 4. The molecule has 0 bridgehead atoms. The van der Waals surface area contributed by atoms with Gasteiger partial charge in [-0.25, -0.2) is 4.98 Å². The second-order valence-corrected chi connectivity index (χ2v) is 8.76. The number of benzene rings is 2. The Hall–Kier alpha value is -3.17. The number of hydrogen-bond donors (Lipinski definition) is 0. The predicted octanol–water partition coefficient (Wildman–Crippen LogP) is 4.94. The van der Waals surface area contributed by atoms with Crippen LogP contribution in [0.25, 0.3) is 28.0 Å². The fourth-order valence-corrected chi connectivity index (χ4v) is 4.34. The molecule has 2 aromatic heterocycles. The molecule has 3 heterocycles. The Labute approximate surface area is 193 Å². The minimum absolute atomic E-state index is 0.665. The summed E-state index contributed by atoms with van der Waals surface area (Å²) >= 11 is 6.14. The molecule has 0 aliphatic carbocycles. The number of aromatic nitrogens is 2. The smallest absolute Gasteiger partial charge is 0.137 e. The zero-order valence-electron chi connectivity index (χ0n) is 18.0. The summed E-state index contributed by atoms with van der Waals surface area (Å²) < 4.78 is 2.22. The van der Waals surface area contributed by atoms with E-state index in [9.17, 15) is 0 Å². The summed E-state index contributed by atoms with van der Waals surface area (Å²) in [5, 5.41) is 9.82. The van der Waals surface area contributed by atoms with E-state index in [4.69, 9.17) is 21.8 Å². The first-order valence-electron chi connectivity index (χ1n) is 10.8. The topological polar surface area (TPSA) is 47.6 Å². The SMILES string of the molecule is CN1CCN(Cc2c(-c3ccc(Cl)cc3)nc3ccc(-c4ccc(C#N)cc4)cn23)CC1. The molecule has 0 atom stereocenters. The molecule has 2 aromatic carbocycles. The van der Waals surface area contributed by atoms with Crippen molar-refractivity contribution >= 4 is 17.2 Å². The van der Waals surface area contributed by atoms with E-state index in [-0.39, 0.29) is 0 Å². The molecule has 0 spiro atoms. The molecule has 5 rings (SSSR count). The van der Waals surface area contributed by atoms with Crippen molar-refractivity contribution < 1.29 is 0 Å². The third-order valence-corrected chi connectivity index (χ3v) is 6.40. The fourth-order valence-electron chi connectivity index (χ4n) is 4.21. The lowest BCUT2D eigenvalue weighted by atomic mass is 10.1. The van der Waals surface area contributed by atoms with Gasteiger partial charge in [0.1, 0.15) is 5.65 Å². The van der Waals surface area contributed by atoms with Crippen LogP contribution in [-0.2, 0) is 6.54 Å². The van der Waals surface area contributed by atoms with Gasteiger partial charge in [0.15, 0.2) is 0 Å². The quantitative estimate of drug-likeness (QED) is 0.450. The summed E-state index contributed by atoms with van der Waals surface area (Å²) in [6.07, 6.45) is 2.16. The van der Waals surface area contributed by atoms with Crippen molar-refractivity contribution in [1.29, 1.82) is 5.26 Å². The van der Waals surface area contributed by atoms with E-state index in [0.717, 1.165) is 65.8 Å². The zero-order chi connectivity index (χ0) is 22.1. The minimum Gasteiger partial charge on any atom is -0.304 e. The van der Waals surface area contributed by atoms with Crippen molar-refractivity contribution in [1.82, 2.24) is 19.2 Å². The summed E-state index contributed by atoms with van der Waals surface area (Å²) in [5.74, 6) is 0. The second kappa shape index (κ2) is 8.76. The van der Waals surface area contributed by atoms with E-state index in [1.54, 1.807) is 0 Å². The van der Waals surface area contributed by atoms with Gasteiger partial charge in [0, 0.05) is 49.5 Å². The number of piperazine rings is 1. The fraction of sp³-hybridized carbons (Fsp3) is 0.231. The Bertz CT molecular complexity index is 1280. The molecular formula is C26H24ClN5. The van der Waals surface area contributed by atoms with Gasteiger partial charge in [-0.3, -0.25) is 4.90 Å². The van der Waals surface area contributed by atoms with Gasteiger partial charge in [-0.1, -0.05) is 35.9 Å². The van der Waals surface area contributed by atoms with Crippen molar-refractivity contribution in [3.63, 3.8) is 0 Å². The summed E-state index contributed by atoms with van der Waals surface area (Å²) in [7, 11) is 2.18. The molecule has 0 amide bonds. The van der Waals surface area contributed by atoms with Gasteiger partial charge in [-0.05, 0) is 54.6 Å². The van der Waals surface area contributed by atoms with Gasteiger partial charge >= 0.3 is 0 Å². The number of fused-ring (bicyclic) bond motifs is 1. The Morgan fingerprint density at radius 1 is 0.875 bits per heavy atom. The number of nitriles is 1. The highest BCUT2D eigenvalue weighted by Gasteiger charge is 2.20. The molecule has 160 valence electrons. The van der Waals surface area contributed by atoms with Crippen molar-refractivity contribution in [2.24, 2.45) is 0 Å². The first-order valence-corrected chi connectivity index (χ1v) is 11.2. The molecule has 0 saturated carbocycles. The van der Waals surface area contributed by atoms with Crippen LogP contribution < -0.4 is 0 Å². The number of nitrogens with zero attached hydrogens (tertiary/aromatic N) is 5. The maximum Gasteiger partial charge on any atom is 0.137 e. The molecule has 1 saturated heterocycles. The Balaban J connectivity index is 1.60. The average molecular weight is 442 g/mol. The molecule has 1 aliphatic heterocycles. The van der Waals surface area contributed by atoms with Crippen LogP contribution in [0.3, 0.4) is 0 Å². The molecule has 0 N–H and O–H groups in total. The number of halogens is 1. The van der Waals surface area contributed by atoms with E-state index < -0.39 is 0 Å². The highest BCUT2D eigenvalue weighted by atomic mass is 35.5. The highest BCUT2D eigenvalue weighted by Crippen LogP contribution is 2.29. The van der Waals surface area contributed by atoms with Gasteiger partial charge < -0.3 is 9.30 Å². The summed E-state index contributed by atoms with van der Waals surface area (Å²) in [6.45, 7) is 5.06. The molecule has 1 fully saturated rings. The molecule has 1 aliphatic rings. The Morgan fingerprint density at radius 2 is 1.53 bits per heavy atom. The van der Waals surface area contributed by atoms with E-state index in [1.165, 1.54) is 5.69 Å². The van der Waals surface area contributed by atoms with Crippen LogP contribution in [0.15, 0.2) is 66.9 Å². The monoisotopic (exact) mass is 441 g/mol. The largest absolute Gasteiger partial charge is 0.304 e. The summed E-state index contributed by atoms with van der Waals surface area (Å²) in [4.78, 5) is 9.86. The van der Waals surface area contributed by atoms with Crippen LogP contribution in [-0.4, -0.2) is 52.4 Å². The molecule has 6 heteroatoms. The molecule has 0 radical (unpaired) electrons. The van der Waals surface area contributed by atoms with E-state index in [0.29, 0.717) is 5.56 Å². The molecule has 0 unspecified atom stereocenters. The lowest BCUT2D eigenvalue weighted by Crippen LogP contribution is -2.44. The lowest BCUT2D eigenvalue weighted by Gasteiger charge is -2.32. The average Bonchev–Trinajstić information content (AvgIpc) is 3.18. The molecule has 4 aromatic rings. The van der Waals surface area contributed by atoms with Crippen molar-refractivity contribution in [3.8, 4) is 28.5 Å². The number of pyridine rings is 1. The zero-order valence-corrected chi connectivity index (χ0v) is 18.8. The Morgan fingerprint density at radius 3 is 2.22 bits per heavy atom. The van der Waals surface area contributed by atoms with Gasteiger partial charge in [-0.15, -0.1) is 0 Å². The van der Waals surface area contributed by atoms with Crippen LogP contribution in [0.4, 0.5) is 0 Å². The normalized spacial score (nSPS) is 15.2. The highest BCUT2D eigenvalue weighted by molar-refractivity contribution is 6.30.